The minimum absolute atomic E-state index is 0.423. The van der Waals surface area contributed by atoms with Crippen molar-refractivity contribution >= 4 is 23.4 Å². The number of nitrogens with zero attached hydrogens (tertiary/aromatic N) is 2. The summed E-state index contributed by atoms with van der Waals surface area (Å²) in [5, 5.41) is 6.01. The minimum Gasteiger partial charge on any atom is -0.497 e. The van der Waals surface area contributed by atoms with Gasteiger partial charge in [0, 0.05) is 6.08 Å². The highest BCUT2D eigenvalue weighted by atomic mass is 32.1. The standard InChI is InChI=1S/C16H13FN2OS/c1-20-13-6-4-12(5-7-13)11-16(17)19-14(8-9-18-19)15-3-2-10-21-15/h2-11H,1H3/b16-11+. The molecule has 5 heteroatoms. The van der Waals surface area contributed by atoms with Crippen LogP contribution in [-0.2, 0) is 0 Å². The predicted octanol–water partition coefficient (Wildman–Crippen LogP) is 4.55. The van der Waals surface area contributed by atoms with Crippen LogP contribution in [0.2, 0.25) is 0 Å². The SMILES string of the molecule is COc1ccc(/C=C(\F)n2nccc2-c2cccs2)cc1. The van der Waals surface area contributed by atoms with Crippen molar-refractivity contribution in [2.45, 2.75) is 0 Å². The number of hydrogen-bond acceptors (Lipinski definition) is 3. The molecule has 0 bridgehead atoms. The molecule has 3 nitrogen and oxygen atoms in total. The third-order valence-electron chi connectivity index (χ3n) is 3.02. The van der Waals surface area contributed by atoms with E-state index < -0.39 is 5.95 Å². The molecule has 0 spiro atoms. The molecule has 1 aromatic carbocycles. The third kappa shape index (κ3) is 2.87. The van der Waals surface area contributed by atoms with Crippen LogP contribution in [0.4, 0.5) is 4.39 Å². The predicted molar refractivity (Wildman–Crippen MR) is 83.8 cm³/mol. The Balaban J connectivity index is 1.93. The van der Waals surface area contributed by atoms with Gasteiger partial charge in [-0.15, -0.1) is 11.3 Å². The third-order valence-corrected chi connectivity index (χ3v) is 3.91. The number of aromatic nitrogens is 2. The fourth-order valence-corrected chi connectivity index (χ4v) is 2.72. The lowest BCUT2D eigenvalue weighted by molar-refractivity contribution is 0.415. The molecule has 0 saturated carbocycles. The van der Waals surface area contributed by atoms with Crippen molar-refractivity contribution in [2.75, 3.05) is 7.11 Å². The summed E-state index contributed by atoms with van der Waals surface area (Å²) in [5.41, 5.74) is 1.49. The van der Waals surface area contributed by atoms with Gasteiger partial charge in [-0.2, -0.15) is 9.49 Å². The lowest BCUT2D eigenvalue weighted by Gasteiger charge is -2.04. The number of halogens is 1. The first-order chi connectivity index (χ1) is 10.3. The number of rotatable bonds is 4. The van der Waals surface area contributed by atoms with Crippen LogP contribution in [0.3, 0.4) is 0 Å². The molecular formula is C16H13FN2OS. The highest BCUT2D eigenvalue weighted by Gasteiger charge is 2.10. The number of benzene rings is 1. The van der Waals surface area contributed by atoms with E-state index in [0.717, 1.165) is 21.9 Å². The monoisotopic (exact) mass is 300 g/mol. The van der Waals surface area contributed by atoms with E-state index >= 15 is 0 Å². The Hall–Kier alpha value is -2.40. The zero-order valence-electron chi connectivity index (χ0n) is 11.4. The molecule has 0 atom stereocenters. The van der Waals surface area contributed by atoms with Gasteiger partial charge in [0.25, 0.3) is 0 Å². The first-order valence-electron chi connectivity index (χ1n) is 6.37. The van der Waals surface area contributed by atoms with Crippen molar-refractivity contribution in [1.82, 2.24) is 9.78 Å². The molecule has 0 N–H and O–H groups in total. The van der Waals surface area contributed by atoms with Crippen LogP contribution in [0.5, 0.6) is 5.75 Å². The van der Waals surface area contributed by atoms with Crippen LogP contribution >= 0.6 is 11.3 Å². The van der Waals surface area contributed by atoms with Gasteiger partial charge < -0.3 is 4.74 Å². The molecule has 0 radical (unpaired) electrons. The van der Waals surface area contributed by atoms with Gasteiger partial charge in [-0.3, -0.25) is 0 Å². The van der Waals surface area contributed by atoms with E-state index in [9.17, 15) is 4.39 Å². The van der Waals surface area contributed by atoms with Crippen LogP contribution in [0.1, 0.15) is 5.56 Å². The summed E-state index contributed by atoms with van der Waals surface area (Å²) in [7, 11) is 1.60. The fraction of sp³-hybridized carbons (Fsp3) is 0.0625. The molecule has 3 aromatic rings. The van der Waals surface area contributed by atoms with Crippen molar-refractivity contribution in [1.29, 1.82) is 0 Å². The van der Waals surface area contributed by atoms with Gasteiger partial charge in [0.15, 0.2) is 0 Å². The van der Waals surface area contributed by atoms with Gasteiger partial charge in [-0.05, 0) is 35.2 Å². The molecule has 0 fully saturated rings. The average Bonchev–Trinajstić information content (AvgIpc) is 3.18. The van der Waals surface area contributed by atoms with Crippen LogP contribution in [0.15, 0.2) is 54.0 Å². The van der Waals surface area contributed by atoms with Gasteiger partial charge in [0.2, 0.25) is 5.95 Å². The average molecular weight is 300 g/mol. The lowest BCUT2D eigenvalue weighted by Crippen LogP contribution is -1.96. The molecule has 0 aliphatic heterocycles. The molecule has 21 heavy (non-hydrogen) atoms. The quantitative estimate of drug-likeness (QED) is 0.707. The molecule has 0 aliphatic carbocycles. The second-order valence-corrected chi connectivity index (χ2v) is 5.29. The zero-order valence-corrected chi connectivity index (χ0v) is 12.2. The van der Waals surface area contributed by atoms with Crippen molar-refractivity contribution in [3.63, 3.8) is 0 Å². The van der Waals surface area contributed by atoms with Crippen molar-refractivity contribution in [3.8, 4) is 16.3 Å². The molecule has 0 aliphatic rings. The second-order valence-electron chi connectivity index (χ2n) is 4.35. The van der Waals surface area contributed by atoms with Crippen molar-refractivity contribution in [3.05, 3.63) is 59.6 Å². The normalized spacial score (nSPS) is 11.6. The Kier molecular flexibility index (Phi) is 3.83. The maximum atomic E-state index is 14.4. The van der Waals surface area contributed by atoms with Gasteiger partial charge >= 0.3 is 0 Å². The molecule has 0 saturated heterocycles. The van der Waals surface area contributed by atoms with E-state index in [2.05, 4.69) is 5.10 Å². The number of hydrogen-bond donors (Lipinski definition) is 0. The van der Waals surface area contributed by atoms with Crippen molar-refractivity contribution in [2.24, 2.45) is 0 Å². The summed E-state index contributed by atoms with van der Waals surface area (Å²) in [6.45, 7) is 0. The fourth-order valence-electron chi connectivity index (χ4n) is 1.98. The molecule has 2 aromatic heterocycles. The van der Waals surface area contributed by atoms with Crippen molar-refractivity contribution < 1.29 is 9.13 Å². The summed E-state index contributed by atoms with van der Waals surface area (Å²) in [6, 6.07) is 12.9. The van der Waals surface area contributed by atoms with E-state index in [4.69, 9.17) is 4.74 Å². The van der Waals surface area contributed by atoms with E-state index in [1.807, 2.05) is 17.5 Å². The summed E-state index contributed by atoms with van der Waals surface area (Å²) in [5.74, 6) is 0.319. The van der Waals surface area contributed by atoms with E-state index in [1.54, 1.807) is 55.0 Å². The maximum Gasteiger partial charge on any atom is 0.215 e. The van der Waals surface area contributed by atoms with Gasteiger partial charge in [-0.1, -0.05) is 18.2 Å². The van der Waals surface area contributed by atoms with E-state index in [1.165, 1.54) is 10.8 Å². The summed E-state index contributed by atoms with van der Waals surface area (Å²) in [4.78, 5) is 0.978. The Morgan fingerprint density at radius 1 is 1.24 bits per heavy atom. The minimum atomic E-state index is -0.423. The number of ether oxygens (including phenoxy) is 1. The smallest absolute Gasteiger partial charge is 0.215 e. The van der Waals surface area contributed by atoms with Gasteiger partial charge in [0.05, 0.1) is 23.9 Å². The molecule has 3 rings (SSSR count). The molecule has 106 valence electrons. The highest BCUT2D eigenvalue weighted by Crippen LogP contribution is 2.27. The second kappa shape index (κ2) is 5.93. The topological polar surface area (TPSA) is 27.1 Å². The van der Waals surface area contributed by atoms with Crippen LogP contribution < -0.4 is 4.74 Å². The number of methoxy groups -OCH3 is 1. The zero-order chi connectivity index (χ0) is 14.7. The molecule has 0 amide bonds. The maximum absolute atomic E-state index is 14.4. The van der Waals surface area contributed by atoms with Crippen LogP contribution in [0.25, 0.3) is 22.6 Å². The molecular weight excluding hydrogens is 287 g/mol. The Morgan fingerprint density at radius 2 is 2.05 bits per heavy atom. The lowest BCUT2D eigenvalue weighted by atomic mass is 10.2. The largest absolute Gasteiger partial charge is 0.497 e. The Morgan fingerprint density at radius 3 is 2.71 bits per heavy atom. The Bertz CT molecular complexity index is 745. The first-order valence-corrected chi connectivity index (χ1v) is 7.25. The van der Waals surface area contributed by atoms with Crippen LogP contribution in [-0.4, -0.2) is 16.9 Å². The number of thiophene rings is 1. The van der Waals surface area contributed by atoms with Gasteiger partial charge in [0.1, 0.15) is 5.75 Å². The molecule has 0 unspecified atom stereocenters. The molecule has 2 heterocycles. The Labute approximate surface area is 125 Å². The van der Waals surface area contributed by atoms with Crippen LogP contribution in [0, 0.1) is 0 Å². The summed E-state index contributed by atoms with van der Waals surface area (Å²) < 4.78 is 20.8. The summed E-state index contributed by atoms with van der Waals surface area (Å²) >= 11 is 1.55. The highest BCUT2D eigenvalue weighted by molar-refractivity contribution is 7.13. The first kappa shape index (κ1) is 13.6. The summed E-state index contributed by atoms with van der Waals surface area (Å²) in [6.07, 6.45) is 3.04. The van der Waals surface area contributed by atoms with E-state index in [0.29, 0.717) is 0 Å². The van der Waals surface area contributed by atoms with Gasteiger partial charge in [-0.25, -0.2) is 4.68 Å². The van der Waals surface area contributed by atoms with E-state index in [-0.39, 0.29) is 0 Å².